The van der Waals surface area contributed by atoms with E-state index in [0.29, 0.717) is 25.7 Å². The van der Waals surface area contributed by atoms with Crippen LogP contribution in [0.15, 0.2) is 0 Å². The van der Waals surface area contributed by atoms with Crippen LogP contribution in [-0.2, 0) is 65.4 Å². The predicted molar refractivity (Wildman–Crippen MR) is 404 cm³/mol. The smallest absolute Gasteiger partial charge is 0.462 e. The molecule has 588 valence electrons. The summed E-state index contributed by atoms with van der Waals surface area (Å²) < 4.78 is 68.6. The molecule has 19 heteroatoms. The average Bonchev–Trinajstić information content (AvgIpc) is 0.948. The van der Waals surface area contributed by atoms with E-state index in [0.717, 1.165) is 114 Å². The van der Waals surface area contributed by atoms with Crippen molar-refractivity contribution in [1.82, 2.24) is 0 Å². The van der Waals surface area contributed by atoms with Crippen molar-refractivity contribution in [2.75, 3.05) is 39.6 Å². The first kappa shape index (κ1) is 97.1. The first-order chi connectivity index (χ1) is 47.6. The molecule has 0 aromatic carbocycles. The van der Waals surface area contributed by atoms with Gasteiger partial charge in [-0.2, -0.15) is 0 Å². The summed E-state index contributed by atoms with van der Waals surface area (Å²) in [6.07, 6.45) is 55.7. The topological polar surface area (TPSA) is 237 Å². The Hall–Kier alpha value is -1.94. The van der Waals surface area contributed by atoms with E-state index in [1.807, 2.05) is 0 Å². The molecule has 0 aromatic heterocycles. The highest BCUT2D eigenvalue weighted by molar-refractivity contribution is 7.47. The summed E-state index contributed by atoms with van der Waals surface area (Å²) in [4.78, 5) is 72.9. The molecule has 0 aromatic rings. The standard InChI is InChI=1S/C80H156O17P2/c1-70(2)56-48-40-32-24-20-16-13-11-9-10-12-14-18-22-26-36-44-52-60-77(82)90-66-75(96-79(84)62-54-46-38-27-23-19-15-17-21-25-33-41-49-57-71(3)4)68-94-98(86,87)92-64-74(81)65-93-99(88,89)95-69-76(97-80(85)63-55-47-39-31-29-35-43-51-59-73(7)8)67-91-78(83)61-53-45-37-30-28-34-42-50-58-72(5)6/h70-76,81H,9-69H2,1-8H3,(H,86,87)(H,88,89)/t74?,75-,76-/m1/s1. The fourth-order valence-electron chi connectivity index (χ4n) is 12.3. The van der Waals surface area contributed by atoms with Gasteiger partial charge >= 0.3 is 39.5 Å². The van der Waals surface area contributed by atoms with Crippen LogP contribution in [0.4, 0.5) is 0 Å². The minimum atomic E-state index is -4.96. The lowest BCUT2D eigenvalue weighted by Crippen LogP contribution is -2.30. The molecule has 0 rings (SSSR count). The van der Waals surface area contributed by atoms with Crippen molar-refractivity contribution in [2.24, 2.45) is 23.7 Å². The Morgan fingerprint density at radius 3 is 0.626 bits per heavy atom. The summed E-state index contributed by atoms with van der Waals surface area (Å²) >= 11 is 0. The van der Waals surface area contributed by atoms with E-state index in [2.05, 4.69) is 55.4 Å². The molecule has 0 radical (unpaired) electrons. The van der Waals surface area contributed by atoms with E-state index in [1.54, 1.807) is 0 Å². The van der Waals surface area contributed by atoms with Crippen LogP contribution >= 0.6 is 15.6 Å². The number of ether oxygens (including phenoxy) is 4. The van der Waals surface area contributed by atoms with Crippen molar-refractivity contribution in [3.05, 3.63) is 0 Å². The maximum Gasteiger partial charge on any atom is 0.472 e. The van der Waals surface area contributed by atoms with E-state index in [1.165, 1.54) is 212 Å². The number of aliphatic hydroxyl groups is 1. The van der Waals surface area contributed by atoms with E-state index >= 15 is 0 Å². The Labute approximate surface area is 607 Å². The Balaban J connectivity index is 5.21. The Morgan fingerprint density at radius 2 is 0.424 bits per heavy atom. The van der Waals surface area contributed by atoms with Crippen LogP contribution in [0.1, 0.15) is 409 Å². The molecule has 5 atom stereocenters. The first-order valence-electron chi connectivity index (χ1n) is 41.2. The third-order valence-corrected chi connectivity index (χ3v) is 20.5. The van der Waals surface area contributed by atoms with E-state index in [9.17, 15) is 43.2 Å². The number of hydrogen-bond donors (Lipinski definition) is 3. The van der Waals surface area contributed by atoms with Gasteiger partial charge in [0.15, 0.2) is 12.2 Å². The van der Waals surface area contributed by atoms with Crippen molar-refractivity contribution in [3.8, 4) is 0 Å². The molecular weight excluding hydrogens is 1290 g/mol. The number of phosphoric acid groups is 2. The van der Waals surface area contributed by atoms with Gasteiger partial charge in [0.2, 0.25) is 0 Å². The highest BCUT2D eigenvalue weighted by atomic mass is 31.2. The predicted octanol–water partition coefficient (Wildman–Crippen LogP) is 23.6. The van der Waals surface area contributed by atoms with Crippen LogP contribution in [0, 0.1) is 23.7 Å². The normalized spacial score (nSPS) is 14.1. The van der Waals surface area contributed by atoms with Crippen molar-refractivity contribution < 1.29 is 80.2 Å². The summed E-state index contributed by atoms with van der Waals surface area (Å²) in [6.45, 7) is 14.2. The van der Waals surface area contributed by atoms with Gasteiger partial charge in [0.1, 0.15) is 19.3 Å². The largest absolute Gasteiger partial charge is 0.472 e. The fraction of sp³-hybridized carbons (Fsp3) is 0.950. The highest BCUT2D eigenvalue weighted by Gasteiger charge is 2.30. The van der Waals surface area contributed by atoms with Gasteiger partial charge in [-0.25, -0.2) is 9.13 Å². The number of rotatable bonds is 77. The Kier molecular flexibility index (Phi) is 67.8. The minimum absolute atomic E-state index is 0.104. The number of esters is 4. The molecule has 99 heavy (non-hydrogen) atoms. The monoisotopic (exact) mass is 1450 g/mol. The Morgan fingerprint density at radius 1 is 0.253 bits per heavy atom. The lowest BCUT2D eigenvalue weighted by molar-refractivity contribution is -0.161. The summed E-state index contributed by atoms with van der Waals surface area (Å²) in [5, 5.41) is 10.6. The average molecular weight is 1450 g/mol. The van der Waals surface area contributed by atoms with Crippen LogP contribution < -0.4 is 0 Å². The molecule has 0 saturated heterocycles. The second kappa shape index (κ2) is 69.1. The van der Waals surface area contributed by atoms with Gasteiger partial charge in [-0.3, -0.25) is 37.3 Å². The maximum atomic E-state index is 13.1. The maximum absolute atomic E-state index is 13.1. The fourth-order valence-corrected chi connectivity index (χ4v) is 13.8. The molecule has 0 aliphatic carbocycles. The SMILES string of the molecule is CC(C)CCCCCCCCCCCCCCCCCCCCC(=O)OC[C@H](COP(=O)(O)OCC(O)COP(=O)(O)OC[C@@H](COC(=O)CCCCCCCCCCC(C)C)OC(=O)CCCCCCCCCCC(C)C)OC(=O)CCCCCCCCCCCCCCCC(C)C. The molecule has 3 N–H and O–H groups in total. The number of phosphoric ester groups is 2. The lowest BCUT2D eigenvalue weighted by atomic mass is 10.0. The second-order valence-corrected chi connectivity index (χ2v) is 33.6. The Bertz CT molecular complexity index is 1940. The molecular formula is C80H156O17P2. The molecule has 17 nitrogen and oxygen atoms in total. The van der Waals surface area contributed by atoms with Gasteiger partial charge in [0, 0.05) is 25.7 Å². The van der Waals surface area contributed by atoms with Crippen LogP contribution in [0.2, 0.25) is 0 Å². The summed E-state index contributed by atoms with van der Waals surface area (Å²) in [6, 6.07) is 0. The molecule has 0 amide bonds. The summed E-state index contributed by atoms with van der Waals surface area (Å²) in [5.74, 6) is 0.936. The van der Waals surface area contributed by atoms with Gasteiger partial charge in [-0.05, 0) is 49.4 Å². The molecule has 0 bridgehead atoms. The van der Waals surface area contributed by atoms with Crippen molar-refractivity contribution in [2.45, 2.75) is 427 Å². The van der Waals surface area contributed by atoms with Crippen LogP contribution in [0.25, 0.3) is 0 Å². The van der Waals surface area contributed by atoms with E-state index in [4.69, 9.17) is 37.0 Å². The van der Waals surface area contributed by atoms with Gasteiger partial charge < -0.3 is 33.8 Å². The third kappa shape index (κ3) is 74.1. The van der Waals surface area contributed by atoms with E-state index in [-0.39, 0.29) is 25.7 Å². The first-order valence-corrected chi connectivity index (χ1v) is 44.2. The second-order valence-electron chi connectivity index (χ2n) is 30.7. The lowest BCUT2D eigenvalue weighted by Gasteiger charge is -2.21. The van der Waals surface area contributed by atoms with E-state index < -0.39 is 97.5 Å². The molecule has 0 heterocycles. The third-order valence-electron chi connectivity index (χ3n) is 18.6. The molecule has 0 aliphatic heterocycles. The van der Waals surface area contributed by atoms with Crippen LogP contribution in [-0.4, -0.2) is 96.7 Å². The van der Waals surface area contributed by atoms with Gasteiger partial charge in [-0.1, -0.05) is 357 Å². The van der Waals surface area contributed by atoms with Crippen molar-refractivity contribution >= 4 is 39.5 Å². The van der Waals surface area contributed by atoms with Gasteiger partial charge in [-0.15, -0.1) is 0 Å². The van der Waals surface area contributed by atoms with Gasteiger partial charge in [0.25, 0.3) is 0 Å². The minimum Gasteiger partial charge on any atom is -0.462 e. The zero-order valence-electron chi connectivity index (χ0n) is 65.1. The zero-order chi connectivity index (χ0) is 73.1. The van der Waals surface area contributed by atoms with Gasteiger partial charge in [0.05, 0.1) is 26.4 Å². The van der Waals surface area contributed by atoms with Crippen LogP contribution in [0.3, 0.4) is 0 Å². The zero-order valence-corrected chi connectivity index (χ0v) is 66.9. The number of aliphatic hydroxyl groups excluding tert-OH is 1. The van der Waals surface area contributed by atoms with Crippen molar-refractivity contribution in [1.29, 1.82) is 0 Å². The molecule has 3 unspecified atom stereocenters. The number of carbonyl (C=O) groups excluding carboxylic acids is 4. The highest BCUT2D eigenvalue weighted by Crippen LogP contribution is 2.45. The quantitative estimate of drug-likeness (QED) is 0.0222. The summed E-state index contributed by atoms with van der Waals surface area (Å²) in [7, 11) is -9.92. The summed E-state index contributed by atoms with van der Waals surface area (Å²) in [5.41, 5.74) is 0. The molecule has 0 spiro atoms. The van der Waals surface area contributed by atoms with Crippen molar-refractivity contribution in [3.63, 3.8) is 0 Å². The van der Waals surface area contributed by atoms with Crippen LogP contribution in [0.5, 0.6) is 0 Å². The number of unbranched alkanes of at least 4 members (excludes halogenated alkanes) is 43. The molecule has 0 fully saturated rings. The number of carbonyl (C=O) groups is 4. The molecule has 0 saturated carbocycles. The number of hydrogen-bond acceptors (Lipinski definition) is 15. The molecule has 0 aliphatic rings.